The third-order valence-corrected chi connectivity index (χ3v) is 3.21. The van der Waals surface area contributed by atoms with E-state index in [1.54, 1.807) is 24.5 Å². The Morgan fingerprint density at radius 2 is 1.84 bits per heavy atom. The second-order valence-corrected chi connectivity index (χ2v) is 4.94. The summed E-state index contributed by atoms with van der Waals surface area (Å²) in [6.45, 7) is 0. The summed E-state index contributed by atoms with van der Waals surface area (Å²) in [7, 11) is 0. The number of carbonyl (C=O) groups excluding carboxylic acids is 1. The number of halogens is 1. The van der Waals surface area contributed by atoms with Gasteiger partial charge in [0.2, 0.25) is 0 Å². The first kappa shape index (κ1) is 16.1. The van der Waals surface area contributed by atoms with Crippen molar-refractivity contribution in [2.24, 2.45) is 0 Å². The molecular weight excluding hydrogens is 325 g/mol. The number of nitrogen functional groups attached to an aromatic ring is 1. The van der Waals surface area contributed by atoms with E-state index in [1.807, 2.05) is 0 Å². The molecule has 0 atom stereocenters. The number of hydrogen-bond acceptors (Lipinski definition) is 7. The van der Waals surface area contributed by atoms with Crippen LogP contribution in [0.5, 0.6) is 0 Å². The summed E-state index contributed by atoms with van der Waals surface area (Å²) in [5.41, 5.74) is 12.3. The van der Waals surface area contributed by atoms with Crippen LogP contribution >= 0.6 is 0 Å². The van der Waals surface area contributed by atoms with Gasteiger partial charge in [-0.05, 0) is 36.4 Å². The first-order valence-corrected chi connectivity index (χ1v) is 7.23. The Morgan fingerprint density at radius 3 is 2.56 bits per heavy atom. The highest BCUT2D eigenvalue weighted by Gasteiger charge is 2.10. The largest absolute Gasteiger partial charge is 0.393 e. The average molecular weight is 339 g/mol. The van der Waals surface area contributed by atoms with Crippen LogP contribution in [0.4, 0.5) is 27.4 Å². The van der Waals surface area contributed by atoms with Gasteiger partial charge in [-0.2, -0.15) is 0 Å². The van der Waals surface area contributed by atoms with E-state index in [1.165, 1.54) is 30.6 Å². The molecule has 0 aliphatic rings. The van der Waals surface area contributed by atoms with Gasteiger partial charge in [-0.1, -0.05) is 0 Å². The van der Waals surface area contributed by atoms with Crippen molar-refractivity contribution in [1.29, 1.82) is 0 Å². The normalized spacial score (nSPS) is 10.1. The summed E-state index contributed by atoms with van der Waals surface area (Å²) in [5.74, 6) is -0.297. The minimum Gasteiger partial charge on any atom is -0.393 e. The van der Waals surface area contributed by atoms with Gasteiger partial charge in [-0.15, -0.1) is 0 Å². The summed E-state index contributed by atoms with van der Waals surface area (Å²) in [4.78, 5) is 24.0. The van der Waals surface area contributed by atoms with E-state index < -0.39 is 11.7 Å². The molecule has 0 saturated heterocycles. The molecule has 0 bridgehead atoms. The van der Waals surface area contributed by atoms with E-state index >= 15 is 0 Å². The fourth-order valence-corrected chi connectivity index (χ4v) is 1.96. The van der Waals surface area contributed by atoms with Crippen molar-refractivity contribution in [2.75, 3.05) is 16.5 Å². The molecule has 0 fully saturated rings. The molecular formula is C16H14FN7O. The first-order chi connectivity index (χ1) is 12.1. The maximum Gasteiger partial charge on any atom is 0.269 e. The highest BCUT2D eigenvalue weighted by atomic mass is 19.1. The van der Waals surface area contributed by atoms with E-state index in [0.29, 0.717) is 11.5 Å². The number of nitrogens with two attached hydrogens (primary N) is 1. The fraction of sp³-hybridized carbons (Fsp3) is 0. The van der Waals surface area contributed by atoms with Crippen molar-refractivity contribution in [1.82, 2.24) is 20.4 Å². The minimum atomic E-state index is -0.459. The van der Waals surface area contributed by atoms with Crippen LogP contribution in [0.15, 0.2) is 55.1 Å². The molecule has 0 unspecified atom stereocenters. The Hall–Kier alpha value is -3.75. The van der Waals surface area contributed by atoms with Crippen LogP contribution in [0.1, 0.15) is 10.4 Å². The average Bonchev–Trinajstić information content (AvgIpc) is 2.63. The lowest BCUT2D eigenvalue weighted by atomic mass is 10.2. The zero-order chi connectivity index (χ0) is 17.6. The van der Waals surface area contributed by atoms with E-state index in [9.17, 15) is 9.18 Å². The maximum atomic E-state index is 12.9. The van der Waals surface area contributed by atoms with Crippen molar-refractivity contribution >= 4 is 28.9 Å². The number of benzene rings is 1. The van der Waals surface area contributed by atoms with Crippen LogP contribution in [0.2, 0.25) is 0 Å². The molecule has 0 aliphatic heterocycles. The highest BCUT2D eigenvalue weighted by Crippen LogP contribution is 2.24. The molecule has 2 heterocycles. The number of aromatic nitrogens is 3. The van der Waals surface area contributed by atoms with Crippen LogP contribution in [0.25, 0.3) is 0 Å². The van der Waals surface area contributed by atoms with Gasteiger partial charge in [0, 0.05) is 11.8 Å². The van der Waals surface area contributed by atoms with Crippen LogP contribution in [-0.4, -0.2) is 20.9 Å². The van der Waals surface area contributed by atoms with Crippen LogP contribution < -0.4 is 21.9 Å². The number of rotatable bonds is 5. The van der Waals surface area contributed by atoms with Crippen molar-refractivity contribution in [2.45, 2.75) is 0 Å². The SMILES string of the molecule is Nc1c(NNC(=O)c2ccc(F)cc2)ncnc1Nc1cccnc1. The summed E-state index contributed by atoms with van der Waals surface area (Å²) >= 11 is 0. The number of amides is 1. The Bertz CT molecular complexity index is 871. The highest BCUT2D eigenvalue weighted by molar-refractivity contribution is 5.95. The van der Waals surface area contributed by atoms with Gasteiger partial charge in [-0.3, -0.25) is 20.6 Å². The van der Waals surface area contributed by atoms with Crippen molar-refractivity contribution < 1.29 is 9.18 Å². The molecule has 0 radical (unpaired) electrons. The topological polar surface area (TPSA) is 118 Å². The third-order valence-electron chi connectivity index (χ3n) is 3.21. The fourth-order valence-electron chi connectivity index (χ4n) is 1.96. The van der Waals surface area contributed by atoms with Crippen molar-refractivity contribution in [3.8, 4) is 0 Å². The van der Waals surface area contributed by atoms with Crippen molar-refractivity contribution in [3.63, 3.8) is 0 Å². The Labute approximate surface area is 142 Å². The lowest BCUT2D eigenvalue weighted by Gasteiger charge is -2.13. The number of anilines is 4. The predicted octanol–water partition coefficient (Wildman–Crippen LogP) is 2.09. The summed E-state index contributed by atoms with van der Waals surface area (Å²) in [6.07, 6.45) is 4.55. The quantitative estimate of drug-likeness (QED) is 0.526. The molecule has 1 amide bonds. The van der Waals surface area contributed by atoms with Gasteiger partial charge in [0.15, 0.2) is 11.6 Å². The number of hydrazine groups is 1. The van der Waals surface area contributed by atoms with Crippen LogP contribution in [0.3, 0.4) is 0 Å². The van der Waals surface area contributed by atoms with Gasteiger partial charge in [0.25, 0.3) is 5.91 Å². The van der Waals surface area contributed by atoms with E-state index in [4.69, 9.17) is 5.73 Å². The number of nitrogens with zero attached hydrogens (tertiary/aromatic N) is 3. The Morgan fingerprint density at radius 1 is 1.08 bits per heavy atom. The van der Waals surface area contributed by atoms with Gasteiger partial charge < -0.3 is 11.1 Å². The number of pyridine rings is 1. The number of hydrogen-bond donors (Lipinski definition) is 4. The van der Waals surface area contributed by atoms with E-state index in [0.717, 1.165) is 0 Å². The molecule has 9 heteroatoms. The molecule has 8 nitrogen and oxygen atoms in total. The van der Waals surface area contributed by atoms with Gasteiger partial charge in [0.05, 0.1) is 11.9 Å². The van der Waals surface area contributed by atoms with E-state index in [2.05, 4.69) is 31.1 Å². The molecule has 126 valence electrons. The second kappa shape index (κ2) is 7.21. The number of carbonyl (C=O) groups is 1. The predicted molar refractivity (Wildman–Crippen MR) is 91.5 cm³/mol. The van der Waals surface area contributed by atoms with Gasteiger partial charge in [0.1, 0.15) is 17.8 Å². The molecule has 3 rings (SSSR count). The molecule has 25 heavy (non-hydrogen) atoms. The molecule has 2 aromatic heterocycles. The van der Waals surface area contributed by atoms with Gasteiger partial charge in [-0.25, -0.2) is 14.4 Å². The lowest BCUT2D eigenvalue weighted by molar-refractivity contribution is 0.0962. The molecule has 1 aromatic carbocycles. The summed E-state index contributed by atoms with van der Waals surface area (Å²) < 4.78 is 12.9. The zero-order valence-corrected chi connectivity index (χ0v) is 12.9. The number of nitrogens with one attached hydrogen (secondary N) is 3. The van der Waals surface area contributed by atoms with Crippen LogP contribution in [0, 0.1) is 5.82 Å². The minimum absolute atomic E-state index is 0.214. The van der Waals surface area contributed by atoms with E-state index in [-0.39, 0.29) is 17.1 Å². The lowest BCUT2D eigenvalue weighted by Crippen LogP contribution is -2.30. The second-order valence-electron chi connectivity index (χ2n) is 4.94. The standard InChI is InChI=1S/C16H14FN7O/c17-11-5-3-10(4-6-11)16(25)24-23-15-13(18)14(20-9-21-15)22-12-2-1-7-19-8-12/h1-9H,18H2,(H,24,25)(H2,20,21,22,23). The molecule has 0 saturated carbocycles. The summed E-state index contributed by atoms with van der Waals surface area (Å²) in [5, 5.41) is 3.01. The molecule has 0 aliphatic carbocycles. The third kappa shape index (κ3) is 3.96. The summed E-state index contributed by atoms with van der Waals surface area (Å²) in [6, 6.07) is 8.70. The molecule has 0 spiro atoms. The zero-order valence-electron chi connectivity index (χ0n) is 12.9. The maximum absolute atomic E-state index is 12.9. The molecule has 3 aromatic rings. The van der Waals surface area contributed by atoms with Crippen molar-refractivity contribution in [3.05, 3.63) is 66.5 Å². The van der Waals surface area contributed by atoms with Crippen LogP contribution in [-0.2, 0) is 0 Å². The van der Waals surface area contributed by atoms with Gasteiger partial charge >= 0.3 is 0 Å². The smallest absolute Gasteiger partial charge is 0.269 e. The Kier molecular flexibility index (Phi) is 4.65. The monoisotopic (exact) mass is 339 g/mol. The molecule has 5 N–H and O–H groups in total. The first-order valence-electron chi connectivity index (χ1n) is 7.23. The Balaban J connectivity index is 1.69.